The lowest BCUT2D eigenvalue weighted by Gasteiger charge is -2.39. The van der Waals surface area contributed by atoms with Crippen LogP contribution in [0.2, 0.25) is 5.02 Å². The number of nitrogens with one attached hydrogen (secondary N) is 1. The minimum absolute atomic E-state index is 0.126. The minimum Gasteiger partial charge on any atom is -0.368 e. The molecule has 0 unspecified atom stereocenters. The van der Waals surface area contributed by atoms with Gasteiger partial charge >= 0.3 is 0 Å². The van der Waals surface area contributed by atoms with Crippen LogP contribution in [0.4, 0.5) is 5.69 Å². The van der Waals surface area contributed by atoms with Gasteiger partial charge in [0.15, 0.2) is 0 Å². The molecule has 0 aliphatic carbocycles. The summed E-state index contributed by atoms with van der Waals surface area (Å²) in [5.74, 6) is 0.0152. The third-order valence-electron chi connectivity index (χ3n) is 5.36. The molecule has 0 saturated carbocycles. The molecular weight excluding hydrogens is 362 g/mol. The maximum Gasteiger partial charge on any atom is 0.251 e. The largest absolute Gasteiger partial charge is 0.368 e. The number of ketones is 1. The van der Waals surface area contributed by atoms with Gasteiger partial charge in [-0.2, -0.15) is 0 Å². The van der Waals surface area contributed by atoms with E-state index in [4.69, 9.17) is 11.6 Å². The molecule has 0 spiro atoms. The maximum atomic E-state index is 12.7. The zero-order valence-corrected chi connectivity index (χ0v) is 17.7. The van der Waals surface area contributed by atoms with Crippen molar-refractivity contribution in [3.8, 4) is 0 Å². The summed E-state index contributed by atoms with van der Waals surface area (Å²) in [5.41, 5.74) is 2.63. The summed E-state index contributed by atoms with van der Waals surface area (Å²) in [7, 11) is 2.16. The number of likely N-dealkylation sites (tertiary alicyclic amines) is 1. The van der Waals surface area contributed by atoms with Gasteiger partial charge in [-0.15, -0.1) is 0 Å². The number of hydrogen-bond acceptors (Lipinski definition) is 4. The van der Waals surface area contributed by atoms with Crippen molar-refractivity contribution in [3.63, 3.8) is 0 Å². The fourth-order valence-corrected chi connectivity index (χ4v) is 3.98. The Morgan fingerprint density at radius 2 is 1.96 bits per heavy atom. The first-order valence-electron chi connectivity index (χ1n) is 9.86. The number of carbonyl (C=O) groups is 2. The number of amides is 1. The summed E-state index contributed by atoms with van der Waals surface area (Å²) in [5, 5.41) is 3.50. The summed E-state index contributed by atoms with van der Waals surface area (Å²) < 4.78 is 0. The van der Waals surface area contributed by atoms with Crippen LogP contribution in [0.25, 0.3) is 0 Å². The van der Waals surface area contributed by atoms with Crippen LogP contribution in [0.5, 0.6) is 0 Å². The van der Waals surface area contributed by atoms with Crippen molar-refractivity contribution in [1.82, 2.24) is 10.2 Å². The third kappa shape index (κ3) is 5.94. The van der Waals surface area contributed by atoms with E-state index in [1.165, 1.54) is 0 Å². The molecule has 0 radical (unpaired) electrons. The van der Waals surface area contributed by atoms with Gasteiger partial charge in [0.2, 0.25) is 0 Å². The van der Waals surface area contributed by atoms with Crippen molar-refractivity contribution in [3.05, 3.63) is 28.3 Å². The zero-order valence-electron chi connectivity index (χ0n) is 17.0. The number of halogens is 1. The fraction of sp³-hybridized carbons (Fsp3) is 0.619. The lowest BCUT2D eigenvalue weighted by molar-refractivity contribution is -0.117. The Morgan fingerprint density at radius 1 is 1.30 bits per heavy atom. The van der Waals surface area contributed by atoms with Crippen LogP contribution in [-0.4, -0.2) is 55.9 Å². The van der Waals surface area contributed by atoms with Crippen molar-refractivity contribution >= 4 is 29.0 Å². The van der Waals surface area contributed by atoms with Crippen LogP contribution in [0.1, 0.15) is 55.5 Å². The van der Waals surface area contributed by atoms with Gasteiger partial charge in [-0.3, -0.25) is 4.79 Å². The predicted octanol–water partition coefficient (Wildman–Crippen LogP) is 3.67. The average Bonchev–Trinajstić information content (AvgIpc) is 2.63. The molecule has 6 heteroatoms. The van der Waals surface area contributed by atoms with E-state index in [9.17, 15) is 9.59 Å². The van der Waals surface area contributed by atoms with E-state index in [0.717, 1.165) is 43.7 Å². The van der Waals surface area contributed by atoms with Gasteiger partial charge in [-0.1, -0.05) is 11.6 Å². The fourth-order valence-electron chi connectivity index (χ4n) is 3.77. The number of benzene rings is 1. The molecule has 5 nitrogen and oxygen atoms in total. The van der Waals surface area contributed by atoms with E-state index in [-0.39, 0.29) is 11.7 Å². The average molecular weight is 394 g/mol. The van der Waals surface area contributed by atoms with Gasteiger partial charge in [0.05, 0.1) is 0 Å². The third-order valence-corrected chi connectivity index (χ3v) is 5.58. The molecule has 0 aromatic heterocycles. The van der Waals surface area contributed by atoms with Gasteiger partial charge < -0.3 is 19.9 Å². The first-order chi connectivity index (χ1) is 12.8. The summed E-state index contributed by atoms with van der Waals surface area (Å²) in [6.07, 6.45) is 3.37. The van der Waals surface area contributed by atoms with Gasteiger partial charge in [0.1, 0.15) is 5.78 Å². The standard InChI is InChI=1S/C21H32ClN3O2/c1-5-25(18-8-11-24(4)12-9-18)20-14-17(22)13-19(16(20)3)21(27)23-10-6-7-15(2)26/h13-14,18H,5-12H2,1-4H3,(H,23,27). The maximum absolute atomic E-state index is 12.7. The van der Waals surface area contributed by atoms with Crippen molar-refractivity contribution < 1.29 is 9.59 Å². The molecule has 0 atom stereocenters. The predicted molar refractivity (Wildman–Crippen MR) is 112 cm³/mol. The molecular formula is C21H32ClN3O2. The molecule has 1 fully saturated rings. The number of hydrogen-bond donors (Lipinski definition) is 1. The number of piperidine rings is 1. The van der Waals surface area contributed by atoms with Crippen LogP contribution >= 0.6 is 11.6 Å². The normalized spacial score (nSPS) is 15.6. The second-order valence-electron chi connectivity index (χ2n) is 7.48. The van der Waals surface area contributed by atoms with Crippen molar-refractivity contribution in [1.29, 1.82) is 0 Å². The highest BCUT2D eigenvalue weighted by Gasteiger charge is 2.25. The quantitative estimate of drug-likeness (QED) is 0.684. The summed E-state index contributed by atoms with van der Waals surface area (Å²) >= 11 is 6.37. The zero-order chi connectivity index (χ0) is 20.0. The molecule has 1 aliphatic rings. The summed E-state index contributed by atoms with van der Waals surface area (Å²) in [6, 6.07) is 4.18. The number of nitrogens with zero attached hydrogens (tertiary/aromatic N) is 2. The Kier molecular flexibility index (Phi) is 8.11. The molecule has 2 rings (SSSR count). The van der Waals surface area contributed by atoms with Crippen LogP contribution in [0.15, 0.2) is 12.1 Å². The lowest BCUT2D eigenvalue weighted by atomic mass is 9.99. The van der Waals surface area contributed by atoms with Crippen LogP contribution < -0.4 is 10.2 Å². The van der Waals surface area contributed by atoms with Gasteiger partial charge in [-0.25, -0.2) is 0 Å². The first-order valence-corrected chi connectivity index (χ1v) is 10.2. The Bertz CT molecular complexity index is 670. The molecule has 1 N–H and O–H groups in total. The van der Waals surface area contributed by atoms with Crippen molar-refractivity contribution in [2.75, 3.05) is 38.1 Å². The van der Waals surface area contributed by atoms with Gasteiger partial charge in [0, 0.05) is 41.8 Å². The molecule has 1 amide bonds. The molecule has 1 aromatic carbocycles. The number of rotatable bonds is 8. The second-order valence-corrected chi connectivity index (χ2v) is 7.92. The minimum atomic E-state index is -0.126. The highest BCUT2D eigenvalue weighted by Crippen LogP contribution is 2.31. The number of Topliss-reactive ketones (excluding diaryl/α,β-unsaturated/α-hetero) is 1. The molecule has 1 aromatic rings. The van der Waals surface area contributed by atoms with E-state index in [1.54, 1.807) is 13.0 Å². The molecule has 27 heavy (non-hydrogen) atoms. The van der Waals surface area contributed by atoms with E-state index >= 15 is 0 Å². The summed E-state index contributed by atoms with van der Waals surface area (Å²) in [6.45, 7) is 9.27. The molecule has 150 valence electrons. The van der Waals surface area contributed by atoms with E-state index in [2.05, 4.69) is 29.1 Å². The molecule has 1 heterocycles. The smallest absolute Gasteiger partial charge is 0.251 e. The number of anilines is 1. The highest BCUT2D eigenvalue weighted by atomic mass is 35.5. The molecule has 1 aliphatic heterocycles. The van der Waals surface area contributed by atoms with Gasteiger partial charge in [-0.05, 0) is 77.9 Å². The van der Waals surface area contributed by atoms with E-state index < -0.39 is 0 Å². The topological polar surface area (TPSA) is 52.7 Å². The monoisotopic (exact) mass is 393 g/mol. The van der Waals surface area contributed by atoms with E-state index in [1.807, 2.05) is 13.0 Å². The van der Waals surface area contributed by atoms with Crippen molar-refractivity contribution in [2.45, 2.75) is 52.5 Å². The summed E-state index contributed by atoms with van der Waals surface area (Å²) in [4.78, 5) is 28.5. The lowest BCUT2D eigenvalue weighted by Crippen LogP contribution is -2.44. The van der Waals surface area contributed by atoms with Crippen LogP contribution in [0, 0.1) is 6.92 Å². The Balaban J connectivity index is 2.17. The molecule has 1 saturated heterocycles. The van der Waals surface area contributed by atoms with Crippen LogP contribution in [-0.2, 0) is 4.79 Å². The first kappa shape index (κ1) is 21.7. The van der Waals surface area contributed by atoms with Crippen molar-refractivity contribution in [2.24, 2.45) is 0 Å². The number of carbonyl (C=O) groups excluding carboxylic acids is 2. The Labute approximate surface area is 168 Å². The van der Waals surface area contributed by atoms with Crippen LogP contribution in [0.3, 0.4) is 0 Å². The Hall–Kier alpha value is -1.59. The molecule has 0 bridgehead atoms. The second kappa shape index (κ2) is 10.1. The SMILES string of the molecule is CCN(c1cc(Cl)cc(C(=O)NCCCC(C)=O)c1C)C1CCN(C)CC1. The van der Waals surface area contributed by atoms with E-state index in [0.29, 0.717) is 36.0 Å². The highest BCUT2D eigenvalue weighted by molar-refractivity contribution is 6.31. The van der Waals surface area contributed by atoms with Gasteiger partial charge in [0.25, 0.3) is 5.91 Å². The Morgan fingerprint density at radius 3 is 2.56 bits per heavy atom.